The van der Waals surface area contributed by atoms with Crippen molar-refractivity contribution in [1.82, 2.24) is 24.7 Å². The highest BCUT2D eigenvalue weighted by molar-refractivity contribution is 5.94. The van der Waals surface area contributed by atoms with Crippen LogP contribution >= 0.6 is 0 Å². The van der Waals surface area contributed by atoms with Gasteiger partial charge in [0.05, 0.1) is 12.3 Å². The molecule has 0 saturated heterocycles. The fourth-order valence-corrected chi connectivity index (χ4v) is 4.26. The number of nitrogens with one attached hydrogen (secondary N) is 3. The number of hydrogen-bond acceptors (Lipinski definition) is 8. The summed E-state index contributed by atoms with van der Waals surface area (Å²) >= 11 is 0. The molecule has 0 radical (unpaired) electrons. The second kappa shape index (κ2) is 10.3. The molecular weight excluding hydrogens is 491 g/mol. The fraction of sp³-hybridized carbons (Fsp3) is 0.192. The van der Waals surface area contributed by atoms with Crippen molar-refractivity contribution in [2.75, 3.05) is 30.0 Å². The van der Waals surface area contributed by atoms with Crippen molar-refractivity contribution >= 4 is 28.0 Å². The Balaban J connectivity index is 1.66. The minimum atomic E-state index is -0.939. The van der Waals surface area contributed by atoms with Crippen LogP contribution in [0.1, 0.15) is 29.9 Å². The van der Waals surface area contributed by atoms with E-state index in [1.165, 1.54) is 6.20 Å². The molecule has 12 heteroatoms. The molecule has 0 aliphatic heterocycles. The van der Waals surface area contributed by atoms with E-state index in [0.717, 1.165) is 21.0 Å². The van der Waals surface area contributed by atoms with E-state index in [1.54, 1.807) is 36.5 Å². The average molecular weight is 519 g/mol. The summed E-state index contributed by atoms with van der Waals surface area (Å²) in [6, 6.07) is 11.1. The molecule has 5 rings (SSSR count). The number of benzene rings is 2. The zero-order chi connectivity index (χ0) is 26.8. The first-order valence-electron chi connectivity index (χ1n) is 12.0. The van der Waals surface area contributed by atoms with E-state index in [1.807, 2.05) is 19.1 Å². The largest absolute Gasteiger partial charge is 0.488 e. The molecule has 0 amide bonds. The van der Waals surface area contributed by atoms with Gasteiger partial charge >= 0.3 is 5.69 Å². The van der Waals surface area contributed by atoms with Crippen LogP contribution in [0.5, 0.6) is 5.75 Å². The third-order valence-corrected chi connectivity index (χ3v) is 6.16. The number of nitrogens with two attached hydrogens (primary N) is 2. The number of aryl methyl sites for hydroxylation is 1. The van der Waals surface area contributed by atoms with Crippen molar-refractivity contribution in [2.45, 2.75) is 19.4 Å². The van der Waals surface area contributed by atoms with E-state index in [-0.39, 0.29) is 41.9 Å². The normalized spacial score (nSPS) is 12.1. The molecule has 3 aromatic heterocycles. The van der Waals surface area contributed by atoms with Gasteiger partial charge in [-0.2, -0.15) is 4.68 Å². The molecule has 5 aromatic rings. The van der Waals surface area contributed by atoms with E-state index in [9.17, 15) is 9.90 Å². The smallest absolute Gasteiger partial charge is 0.349 e. The van der Waals surface area contributed by atoms with Gasteiger partial charge in [-0.3, -0.25) is 4.98 Å². The summed E-state index contributed by atoms with van der Waals surface area (Å²) in [4.78, 5) is 22.8. The topological polar surface area (TPSA) is 173 Å². The third-order valence-electron chi connectivity index (χ3n) is 6.16. The number of anilines is 3. The third kappa shape index (κ3) is 4.64. The predicted molar refractivity (Wildman–Crippen MR) is 143 cm³/mol. The van der Waals surface area contributed by atoms with Crippen molar-refractivity contribution in [3.05, 3.63) is 88.1 Å². The molecule has 11 nitrogen and oxygen atoms in total. The van der Waals surface area contributed by atoms with Gasteiger partial charge in [0.15, 0.2) is 23.2 Å². The second-order valence-corrected chi connectivity index (χ2v) is 8.65. The van der Waals surface area contributed by atoms with Gasteiger partial charge in [-0.1, -0.05) is 13.0 Å². The maximum atomic E-state index is 15.9. The molecule has 196 valence electrons. The fourth-order valence-electron chi connectivity index (χ4n) is 4.26. The Morgan fingerprint density at radius 3 is 2.84 bits per heavy atom. The van der Waals surface area contributed by atoms with Crippen molar-refractivity contribution in [2.24, 2.45) is 0 Å². The Morgan fingerprint density at radius 2 is 2.08 bits per heavy atom. The molecular formula is C26H27FN8O3. The van der Waals surface area contributed by atoms with E-state index >= 15 is 4.39 Å². The first kappa shape index (κ1) is 24.8. The lowest BCUT2D eigenvalue weighted by Gasteiger charge is -2.21. The number of nitrogens with zero attached hydrogens (tertiary/aromatic N) is 3. The number of aliphatic hydroxyl groups is 1. The summed E-state index contributed by atoms with van der Waals surface area (Å²) in [6.07, 6.45) is 3.86. The quantitative estimate of drug-likeness (QED) is 0.173. The molecule has 8 N–H and O–H groups in total. The first-order chi connectivity index (χ1) is 18.4. The Bertz CT molecular complexity index is 1660. The van der Waals surface area contributed by atoms with Crippen LogP contribution in [0, 0.1) is 5.82 Å². The molecule has 0 spiro atoms. The van der Waals surface area contributed by atoms with Crippen LogP contribution in [0.3, 0.4) is 0 Å². The number of aliphatic hydroxyl groups excluding tert-OH is 1. The number of aromatic nitrogens is 5. The Morgan fingerprint density at radius 1 is 1.24 bits per heavy atom. The summed E-state index contributed by atoms with van der Waals surface area (Å²) in [5, 5.41) is 18.6. The Labute approximate surface area is 216 Å². The minimum absolute atomic E-state index is 0.00943. The lowest BCUT2D eigenvalue weighted by molar-refractivity contribution is 0.196. The summed E-state index contributed by atoms with van der Waals surface area (Å²) in [6.45, 7) is 1.59. The number of H-pyrrole nitrogens is 2. The number of aromatic amines is 2. The van der Waals surface area contributed by atoms with Crippen LogP contribution in [0.4, 0.5) is 21.6 Å². The SMILES string of the molecule is CCc1cc(OCCO)c(F)c(C(Nc2ccc3c(N)[nH]cc3c2)c2nn(-c3ncccc3N)c(=O)[nH]2)c1. The van der Waals surface area contributed by atoms with E-state index in [2.05, 4.69) is 25.4 Å². The molecule has 1 atom stereocenters. The number of halogens is 1. The minimum Gasteiger partial charge on any atom is -0.488 e. The Kier molecular flexibility index (Phi) is 6.71. The number of fused-ring (bicyclic) bond motifs is 1. The van der Waals surface area contributed by atoms with Crippen molar-refractivity contribution in [1.29, 1.82) is 0 Å². The number of ether oxygens (including phenoxy) is 1. The zero-order valence-electron chi connectivity index (χ0n) is 20.5. The highest BCUT2D eigenvalue weighted by Gasteiger charge is 2.26. The molecule has 38 heavy (non-hydrogen) atoms. The highest BCUT2D eigenvalue weighted by atomic mass is 19.1. The molecule has 0 aliphatic carbocycles. The standard InChI is InChI=1S/C26H27FN8O3/c1-2-14-10-18(21(27)20(11-14)38-9-8-36)22(32-16-5-6-17-15(12-16)13-31-23(17)29)24-33-26(37)35(34-24)25-19(28)4-3-7-30-25/h3-7,10-13,22,31-32,36H,2,8-9,28-29H2,1H3,(H,33,34,37). The number of nitrogen functional groups attached to an aromatic ring is 2. The molecule has 2 aromatic carbocycles. The van der Waals surface area contributed by atoms with Crippen molar-refractivity contribution in [3.63, 3.8) is 0 Å². The van der Waals surface area contributed by atoms with Crippen LogP contribution in [0.15, 0.2) is 59.7 Å². The molecule has 3 heterocycles. The van der Waals surface area contributed by atoms with Gasteiger partial charge in [-0.05, 0) is 48.4 Å². The van der Waals surface area contributed by atoms with Crippen LogP contribution in [0.25, 0.3) is 16.6 Å². The zero-order valence-corrected chi connectivity index (χ0v) is 20.5. The van der Waals surface area contributed by atoms with Crippen LogP contribution in [-0.4, -0.2) is 43.1 Å². The van der Waals surface area contributed by atoms with Gasteiger partial charge in [0, 0.05) is 34.4 Å². The monoisotopic (exact) mass is 518 g/mol. The number of pyridine rings is 1. The first-order valence-corrected chi connectivity index (χ1v) is 12.0. The summed E-state index contributed by atoms with van der Waals surface area (Å²) in [5.41, 5.74) is 13.3. The molecule has 0 aliphatic rings. The van der Waals surface area contributed by atoms with Crippen molar-refractivity contribution < 1.29 is 14.2 Å². The lowest BCUT2D eigenvalue weighted by atomic mass is 10.00. The number of hydrogen-bond donors (Lipinski definition) is 6. The number of rotatable bonds is 9. The molecule has 0 saturated carbocycles. The molecule has 0 bridgehead atoms. The second-order valence-electron chi connectivity index (χ2n) is 8.65. The predicted octanol–water partition coefficient (Wildman–Crippen LogP) is 2.88. The van der Waals surface area contributed by atoms with Gasteiger partial charge in [0.25, 0.3) is 0 Å². The molecule has 0 fully saturated rings. The van der Waals surface area contributed by atoms with Crippen LogP contribution < -0.4 is 27.2 Å². The maximum Gasteiger partial charge on any atom is 0.349 e. The average Bonchev–Trinajstić information content (AvgIpc) is 3.49. The van der Waals surface area contributed by atoms with Gasteiger partial charge in [0.2, 0.25) is 0 Å². The van der Waals surface area contributed by atoms with Gasteiger partial charge in [0.1, 0.15) is 18.5 Å². The van der Waals surface area contributed by atoms with Gasteiger partial charge in [-0.15, -0.1) is 5.10 Å². The summed E-state index contributed by atoms with van der Waals surface area (Å²) < 4.78 is 22.4. The van der Waals surface area contributed by atoms with Crippen LogP contribution in [-0.2, 0) is 6.42 Å². The maximum absolute atomic E-state index is 15.9. The van der Waals surface area contributed by atoms with Gasteiger partial charge < -0.3 is 31.6 Å². The Hall–Kier alpha value is -4.84. The van der Waals surface area contributed by atoms with E-state index < -0.39 is 17.5 Å². The van der Waals surface area contributed by atoms with Crippen molar-refractivity contribution in [3.8, 4) is 11.6 Å². The van der Waals surface area contributed by atoms with E-state index in [4.69, 9.17) is 16.2 Å². The van der Waals surface area contributed by atoms with E-state index in [0.29, 0.717) is 17.9 Å². The lowest BCUT2D eigenvalue weighted by Crippen LogP contribution is -2.18. The van der Waals surface area contributed by atoms with Crippen LogP contribution in [0.2, 0.25) is 0 Å². The summed E-state index contributed by atoms with van der Waals surface area (Å²) in [5.74, 6) is 0.163. The molecule has 1 unspecified atom stereocenters. The summed E-state index contributed by atoms with van der Waals surface area (Å²) in [7, 11) is 0. The highest BCUT2D eigenvalue weighted by Crippen LogP contribution is 2.34. The van der Waals surface area contributed by atoms with Gasteiger partial charge in [-0.25, -0.2) is 14.2 Å².